The third-order valence-electron chi connectivity index (χ3n) is 14.5. The molecule has 0 rings (SSSR count). The molecule has 2 atom stereocenters. The van der Waals surface area contributed by atoms with E-state index >= 15 is 0 Å². The molecule has 0 saturated carbocycles. The van der Waals surface area contributed by atoms with Crippen molar-refractivity contribution in [3.05, 3.63) is 48.6 Å². The fraction of sp³-hybridized carbons (Fsp3) is 0.848. The maximum absolute atomic E-state index is 12.7. The van der Waals surface area contributed by atoms with E-state index in [2.05, 4.69) is 62.5 Å². The Kier molecular flexibility index (Phi) is 60.5. The Morgan fingerprint density at radius 2 is 0.724 bits per heavy atom. The quantitative estimate of drug-likeness (QED) is 0.0264. The van der Waals surface area contributed by atoms with Gasteiger partial charge in [0, 0.05) is 19.4 Å². The Hall–Kier alpha value is -2.03. The number of phosphoric acid groups is 1. The SMILES string of the molecule is CC/C=C\C/C=C\C/C=C\C/C=C\CCCCCCCCCCCCCCCCCCCCCCC(=O)OC(COC(=O)CCCCCCCCCCCCCCCCCCCCCCCC)COP(=O)(O)OCCN. The molecule has 0 fully saturated rings. The summed E-state index contributed by atoms with van der Waals surface area (Å²) in [5.41, 5.74) is 5.39. The van der Waals surface area contributed by atoms with Gasteiger partial charge in [0.05, 0.1) is 13.2 Å². The summed E-state index contributed by atoms with van der Waals surface area (Å²) in [6.07, 6.45) is 77.7. The molecule has 0 aliphatic heterocycles. The van der Waals surface area contributed by atoms with Crippen LogP contribution in [0.2, 0.25) is 0 Å². The molecule has 0 saturated heterocycles. The lowest BCUT2D eigenvalue weighted by Gasteiger charge is -2.19. The number of esters is 2. The van der Waals surface area contributed by atoms with Crippen LogP contribution in [0.4, 0.5) is 0 Å². The molecule has 10 heteroatoms. The minimum Gasteiger partial charge on any atom is -0.462 e. The van der Waals surface area contributed by atoms with Gasteiger partial charge in [-0.25, -0.2) is 4.57 Å². The summed E-state index contributed by atoms with van der Waals surface area (Å²) in [5, 5.41) is 0. The highest BCUT2D eigenvalue weighted by Gasteiger charge is 2.26. The highest BCUT2D eigenvalue weighted by Crippen LogP contribution is 2.43. The number of allylic oxidation sites excluding steroid dienone is 8. The lowest BCUT2D eigenvalue weighted by molar-refractivity contribution is -0.161. The van der Waals surface area contributed by atoms with Crippen molar-refractivity contribution in [2.75, 3.05) is 26.4 Å². The topological polar surface area (TPSA) is 134 Å². The summed E-state index contributed by atoms with van der Waals surface area (Å²) < 4.78 is 33.1. The van der Waals surface area contributed by atoms with Gasteiger partial charge >= 0.3 is 19.8 Å². The van der Waals surface area contributed by atoms with E-state index in [0.29, 0.717) is 6.42 Å². The van der Waals surface area contributed by atoms with Crippen LogP contribution >= 0.6 is 7.82 Å². The number of unbranched alkanes of at least 4 members (excludes halogenated alkanes) is 41. The van der Waals surface area contributed by atoms with Crippen LogP contribution in [0.5, 0.6) is 0 Å². The molecule has 0 aliphatic carbocycles. The van der Waals surface area contributed by atoms with Crippen LogP contribution in [0, 0.1) is 0 Å². The Morgan fingerprint density at radius 3 is 1.08 bits per heavy atom. The number of nitrogens with two attached hydrogens (primary N) is 1. The first kappa shape index (κ1) is 74.0. The van der Waals surface area contributed by atoms with Gasteiger partial charge in [-0.1, -0.05) is 313 Å². The Morgan fingerprint density at radius 1 is 0.408 bits per heavy atom. The van der Waals surface area contributed by atoms with Crippen LogP contribution in [-0.4, -0.2) is 49.3 Å². The number of carbonyl (C=O) groups is 2. The van der Waals surface area contributed by atoms with Crippen molar-refractivity contribution < 1.29 is 37.6 Å². The molecule has 0 heterocycles. The van der Waals surface area contributed by atoms with E-state index in [1.807, 2.05) is 0 Å². The second-order valence-electron chi connectivity index (χ2n) is 22.0. The van der Waals surface area contributed by atoms with Gasteiger partial charge in [-0.05, 0) is 51.4 Å². The molecule has 0 aromatic carbocycles. The maximum Gasteiger partial charge on any atom is 0.472 e. The summed E-state index contributed by atoms with van der Waals surface area (Å²) in [5.74, 6) is -0.807. The molecule has 0 amide bonds. The highest BCUT2D eigenvalue weighted by atomic mass is 31.2. The molecule has 0 aliphatic rings. The predicted molar refractivity (Wildman–Crippen MR) is 326 cm³/mol. The minimum atomic E-state index is -4.39. The number of carbonyl (C=O) groups excluding carboxylic acids is 2. The highest BCUT2D eigenvalue weighted by molar-refractivity contribution is 7.47. The first-order valence-corrected chi connectivity index (χ1v) is 34.1. The third-order valence-corrected chi connectivity index (χ3v) is 15.5. The average Bonchev–Trinajstić information content (AvgIpc) is 3.41. The van der Waals surface area contributed by atoms with Crippen molar-refractivity contribution in [1.82, 2.24) is 0 Å². The van der Waals surface area contributed by atoms with Gasteiger partial charge in [-0.2, -0.15) is 0 Å². The van der Waals surface area contributed by atoms with Crippen molar-refractivity contribution >= 4 is 19.8 Å². The van der Waals surface area contributed by atoms with E-state index < -0.39 is 26.5 Å². The number of hydrogen-bond donors (Lipinski definition) is 2. The molecule has 0 spiro atoms. The van der Waals surface area contributed by atoms with E-state index in [9.17, 15) is 19.0 Å². The lowest BCUT2D eigenvalue weighted by atomic mass is 10.0. The summed E-state index contributed by atoms with van der Waals surface area (Å²) >= 11 is 0. The fourth-order valence-corrected chi connectivity index (χ4v) is 10.5. The third kappa shape index (κ3) is 61.2. The van der Waals surface area contributed by atoms with Crippen molar-refractivity contribution in [1.29, 1.82) is 0 Å². The summed E-state index contributed by atoms with van der Waals surface area (Å²) in [6.45, 7) is 3.70. The normalized spacial score (nSPS) is 13.3. The number of hydrogen-bond acceptors (Lipinski definition) is 8. The summed E-state index contributed by atoms with van der Waals surface area (Å²) in [4.78, 5) is 35.3. The van der Waals surface area contributed by atoms with Crippen LogP contribution < -0.4 is 5.73 Å². The number of phosphoric ester groups is 1. The number of ether oxygens (including phenoxy) is 2. The molecule has 2 unspecified atom stereocenters. The Bertz CT molecular complexity index is 1380. The van der Waals surface area contributed by atoms with Gasteiger partial charge < -0.3 is 20.1 Å². The zero-order valence-electron chi connectivity index (χ0n) is 50.0. The van der Waals surface area contributed by atoms with E-state index in [4.69, 9.17) is 24.3 Å². The molecule has 0 radical (unpaired) electrons. The molecule has 3 N–H and O–H groups in total. The zero-order valence-corrected chi connectivity index (χ0v) is 50.9. The number of rotatable bonds is 62. The molecule has 76 heavy (non-hydrogen) atoms. The van der Waals surface area contributed by atoms with Crippen molar-refractivity contribution in [3.63, 3.8) is 0 Å². The standard InChI is InChI=1S/C66H124NO8P/c1-3-5-7-9-11-13-15-17-19-21-23-25-27-28-29-30-31-32-33-34-35-36-37-39-41-43-45-47-49-51-53-55-57-59-66(69)75-64(63-74-76(70,71)73-61-60-67)62-72-65(68)58-56-54-52-50-48-46-44-42-40-38-26-24-22-20-18-16-14-12-10-8-6-4-2/h5,7,11,13,17,19,23,25,64H,3-4,6,8-10,12,14-16,18,20-22,24,26-63,67H2,1-2H3,(H,70,71)/b7-5-,13-11-,19-17-,25-23-. The van der Waals surface area contributed by atoms with Gasteiger partial charge in [0.1, 0.15) is 6.61 Å². The van der Waals surface area contributed by atoms with Gasteiger partial charge in [-0.15, -0.1) is 0 Å². The maximum atomic E-state index is 12.7. The van der Waals surface area contributed by atoms with E-state index in [1.165, 1.54) is 238 Å². The van der Waals surface area contributed by atoms with Gasteiger partial charge in [-0.3, -0.25) is 18.6 Å². The molecule has 9 nitrogen and oxygen atoms in total. The second kappa shape index (κ2) is 62.2. The van der Waals surface area contributed by atoms with Crippen LogP contribution in [0.1, 0.15) is 328 Å². The zero-order chi connectivity index (χ0) is 55.2. The van der Waals surface area contributed by atoms with Gasteiger partial charge in [0.15, 0.2) is 6.10 Å². The average molecular weight is 1090 g/mol. The molecular weight excluding hydrogens is 966 g/mol. The first-order chi connectivity index (χ1) is 37.3. The van der Waals surface area contributed by atoms with Gasteiger partial charge in [0.2, 0.25) is 0 Å². The van der Waals surface area contributed by atoms with Crippen molar-refractivity contribution in [2.24, 2.45) is 5.73 Å². The summed E-state index contributed by atoms with van der Waals surface area (Å²) in [7, 11) is -4.39. The summed E-state index contributed by atoms with van der Waals surface area (Å²) in [6, 6.07) is 0. The smallest absolute Gasteiger partial charge is 0.462 e. The van der Waals surface area contributed by atoms with Crippen molar-refractivity contribution in [3.8, 4) is 0 Å². The van der Waals surface area contributed by atoms with E-state index in [-0.39, 0.29) is 38.6 Å². The van der Waals surface area contributed by atoms with E-state index in [0.717, 1.165) is 57.8 Å². The van der Waals surface area contributed by atoms with Crippen LogP contribution in [0.3, 0.4) is 0 Å². The van der Waals surface area contributed by atoms with Crippen LogP contribution in [0.15, 0.2) is 48.6 Å². The van der Waals surface area contributed by atoms with Crippen molar-refractivity contribution in [2.45, 2.75) is 335 Å². The van der Waals surface area contributed by atoms with Crippen LogP contribution in [0.25, 0.3) is 0 Å². The Balaban J connectivity index is 3.84. The Labute approximate surface area is 470 Å². The molecule has 446 valence electrons. The second-order valence-corrected chi connectivity index (χ2v) is 23.4. The van der Waals surface area contributed by atoms with Crippen LogP contribution in [-0.2, 0) is 32.7 Å². The first-order valence-electron chi connectivity index (χ1n) is 32.6. The van der Waals surface area contributed by atoms with E-state index in [1.54, 1.807) is 0 Å². The molecule has 0 aromatic heterocycles. The van der Waals surface area contributed by atoms with Gasteiger partial charge in [0.25, 0.3) is 0 Å². The molecular formula is C66H124NO8P. The fourth-order valence-electron chi connectivity index (χ4n) is 9.69. The molecule has 0 aromatic rings. The largest absolute Gasteiger partial charge is 0.472 e. The predicted octanol–water partition coefficient (Wildman–Crippen LogP) is 20.9. The monoisotopic (exact) mass is 1090 g/mol. The lowest BCUT2D eigenvalue weighted by Crippen LogP contribution is -2.29. The molecule has 0 bridgehead atoms. The minimum absolute atomic E-state index is 0.0558.